The summed E-state index contributed by atoms with van der Waals surface area (Å²) in [6.45, 7) is 11.0. The third-order valence-corrected chi connectivity index (χ3v) is 4.23. The number of carbonyl (C=O) groups excluding carboxylic acids is 2. The number of carbonyl (C=O) groups is 2. The van der Waals surface area contributed by atoms with Crippen molar-refractivity contribution in [3.63, 3.8) is 0 Å². The van der Waals surface area contributed by atoms with E-state index in [4.69, 9.17) is 0 Å². The predicted octanol–water partition coefficient (Wildman–Crippen LogP) is 1.80. The van der Waals surface area contributed by atoms with Crippen LogP contribution in [0.2, 0.25) is 0 Å². The molecule has 0 unspecified atom stereocenters. The topological polar surface area (TPSA) is 52.7 Å². The average Bonchev–Trinajstić information content (AvgIpc) is 2.56. The summed E-state index contributed by atoms with van der Waals surface area (Å²) in [7, 11) is 0. The van der Waals surface area contributed by atoms with Crippen molar-refractivity contribution in [1.82, 2.24) is 15.1 Å². The molecule has 2 amide bonds. The zero-order valence-corrected chi connectivity index (χ0v) is 14.6. The van der Waals surface area contributed by atoms with Crippen LogP contribution in [0.5, 0.6) is 0 Å². The molecule has 1 fully saturated rings. The Balaban J connectivity index is 2.06. The van der Waals surface area contributed by atoms with Gasteiger partial charge in [0, 0.05) is 32.7 Å². The Kier molecular flexibility index (Phi) is 6.55. The molecule has 1 aromatic carbocycles. The highest BCUT2D eigenvalue weighted by Gasteiger charge is 2.32. The highest BCUT2D eigenvalue weighted by molar-refractivity contribution is 5.89. The lowest BCUT2D eigenvalue weighted by molar-refractivity contribution is -0.138. The fourth-order valence-electron chi connectivity index (χ4n) is 2.99. The van der Waals surface area contributed by atoms with Crippen LogP contribution in [0.4, 0.5) is 0 Å². The number of rotatable bonds is 7. The molecule has 24 heavy (non-hydrogen) atoms. The van der Waals surface area contributed by atoms with Crippen LogP contribution in [0.1, 0.15) is 25.8 Å². The molecule has 1 atom stereocenters. The Morgan fingerprint density at radius 2 is 2.08 bits per heavy atom. The Labute approximate surface area is 144 Å². The molecule has 5 heteroatoms. The van der Waals surface area contributed by atoms with E-state index < -0.39 is 6.04 Å². The molecule has 1 aromatic rings. The van der Waals surface area contributed by atoms with Crippen molar-refractivity contribution in [1.29, 1.82) is 0 Å². The fraction of sp³-hybridized carbons (Fsp3) is 0.474. The molecule has 1 N–H and O–H groups in total. The monoisotopic (exact) mass is 329 g/mol. The Hall–Kier alpha value is -2.14. The lowest BCUT2D eigenvalue weighted by Gasteiger charge is -2.35. The molecule has 5 nitrogen and oxygen atoms in total. The van der Waals surface area contributed by atoms with E-state index in [0.717, 1.165) is 17.7 Å². The maximum absolute atomic E-state index is 12.6. The van der Waals surface area contributed by atoms with Gasteiger partial charge in [0.1, 0.15) is 0 Å². The standard InChI is InChI=1S/C19H27N3O2/c1-4-21(13-15(2)3)18(23)12-17-19(24)20-10-11-22(17)14-16-8-6-5-7-9-16/h5-9,17H,2,4,10-14H2,1,3H3,(H,20,24)/t17-/m1/s1. The summed E-state index contributed by atoms with van der Waals surface area (Å²) in [5.41, 5.74) is 2.10. The molecule has 1 saturated heterocycles. The van der Waals surface area contributed by atoms with Gasteiger partial charge in [0.15, 0.2) is 0 Å². The molecule has 130 valence electrons. The molecule has 0 spiro atoms. The summed E-state index contributed by atoms with van der Waals surface area (Å²) in [6, 6.07) is 9.64. The van der Waals surface area contributed by atoms with Crippen LogP contribution in [0.3, 0.4) is 0 Å². The summed E-state index contributed by atoms with van der Waals surface area (Å²) in [5, 5.41) is 2.88. The average molecular weight is 329 g/mol. The predicted molar refractivity (Wildman–Crippen MR) is 95.3 cm³/mol. The molecule has 1 aliphatic heterocycles. The van der Waals surface area contributed by atoms with Crippen molar-refractivity contribution >= 4 is 11.8 Å². The lowest BCUT2D eigenvalue weighted by Crippen LogP contribution is -2.56. The second-order valence-corrected chi connectivity index (χ2v) is 6.33. The Bertz CT molecular complexity index is 586. The summed E-state index contributed by atoms with van der Waals surface area (Å²) >= 11 is 0. The maximum atomic E-state index is 12.6. The van der Waals surface area contributed by atoms with Crippen LogP contribution in [-0.2, 0) is 16.1 Å². The van der Waals surface area contributed by atoms with Crippen LogP contribution in [0, 0.1) is 0 Å². The molecule has 0 saturated carbocycles. The van der Waals surface area contributed by atoms with Crippen molar-refractivity contribution in [3.8, 4) is 0 Å². The quantitative estimate of drug-likeness (QED) is 0.776. The van der Waals surface area contributed by atoms with E-state index >= 15 is 0 Å². The first-order chi connectivity index (χ1) is 11.5. The van der Waals surface area contributed by atoms with Gasteiger partial charge in [0.25, 0.3) is 0 Å². The normalized spacial score (nSPS) is 18.1. The van der Waals surface area contributed by atoms with Crippen molar-refractivity contribution in [2.45, 2.75) is 32.9 Å². The lowest BCUT2D eigenvalue weighted by atomic mass is 10.1. The summed E-state index contributed by atoms with van der Waals surface area (Å²) in [6.07, 6.45) is 0.208. The first-order valence-electron chi connectivity index (χ1n) is 8.49. The van der Waals surface area contributed by atoms with Gasteiger partial charge in [0.05, 0.1) is 12.5 Å². The number of piperazine rings is 1. The van der Waals surface area contributed by atoms with Gasteiger partial charge in [-0.05, 0) is 19.4 Å². The number of amides is 2. The first kappa shape index (κ1) is 18.2. The molecule has 1 aliphatic rings. The largest absolute Gasteiger partial charge is 0.353 e. The SMILES string of the molecule is C=C(C)CN(CC)C(=O)C[C@@H]1C(=O)NCCN1Cc1ccccc1. The Morgan fingerprint density at radius 1 is 1.38 bits per heavy atom. The maximum Gasteiger partial charge on any atom is 0.237 e. The van der Waals surface area contributed by atoms with E-state index in [1.54, 1.807) is 4.90 Å². The minimum Gasteiger partial charge on any atom is -0.353 e. The molecule has 2 rings (SSSR count). The summed E-state index contributed by atoms with van der Waals surface area (Å²) in [5.74, 6) is -0.0579. The summed E-state index contributed by atoms with van der Waals surface area (Å²) < 4.78 is 0. The number of likely N-dealkylation sites (N-methyl/N-ethyl adjacent to an activating group) is 1. The molecule has 0 aliphatic carbocycles. The van der Waals surface area contributed by atoms with Gasteiger partial charge < -0.3 is 10.2 Å². The van der Waals surface area contributed by atoms with Gasteiger partial charge in [-0.15, -0.1) is 0 Å². The van der Waals surface area contributed by atoms with Gasteiger partial charge >= 0.3 is 0 Å². The first-order valence-corrected chi connectivity index (χ1v) is 8.49. The minimum absolute atomic E-state index is 0.000566. The molecular weight excluding hydrogens is 302 g/mol. The molecule has 0 aromatic heterocycles. The molecule has 0 bridgehead atoms. The third-order valence-electron chi connectivity index (χ3n) is 4.23. The van der Waals surface area contributed by atoms with E-state index in [0.29, 0.717) is 26.2 Å². The van der Waals surface area contributed by atoms with Crippen molar-refractivity contribution in [3.05, 3.63) is 48.0 Å². The van der Waals surface area contributed by atoms with Crippen LogP contribution < -0.4 is 5.32 Å². The van der Waals surface area contributed by atoms with E-state index in [1.165, 1.54) is 0 Å². The second-order valence-electron chi connectivity index (χ2n) is 6.33. The van der Waals surface area contributed by atoms with Crippen LogP contribution in [0.25, 0.3) is 0 Å². The smallest absolute Gasteiger partial charge is 0.237 e. The van der Waals surface area contributed by atoms with Gasteiger partial charge in [-0.3, -0.25) is 14.5 Å². The van der Waals surface area contributed by atoms with Gasteiger partial charge in [-0.1, -0.05) is 42.5 Å². The number of hydrogen-bond acceptors (Lipinski definition) is 3. The number of benzene rings is 1. The van der Waals surface area contributed by atoms with Gasteiger partial charge in [-0.25, -0.2) is 0 Å². The highest BCUT2D eigenvalue weighted by Crippen LogP contribution is 2.15. The molecule has 1 heterocycles. The van der Waals surface area contributed by atoms with Crippen molar-refractivity contribution in [2.75, 3.05) is 26.2 Å². The van der Waals surface area contributed by atoms with Crippen LogP contribution in [-0.4, -0.2) is 53.8 Å². The van der Waals surface area contributed by atoms with Crippen LogP contribution >= 0.6 is 0 Å². The number of nitrogens with zero attached hydrogens (tertiary/aromatic N) is 2. The van der Waals surface area contributed by atoms with E-state index in [9.17, 15) is 9.59 Å². The van der Waals surface area contributed by atoms with Crippen LogP contribution in [0.15, 0.2) is 42.5 Å². The van der Waals surface area contributed by atoms with E-state index in [2.05, 4.69) is 16.8 Å². The zero-order chi connectivity index (χ0) is 17.5. The summed E-state index contributed by atoms with van der Waals surface area (Å²) in [4.78, 5) is 28.8. The fourth-order valence-corrected chi connectivity index (χ4v) is 2.99. The Morgan fingerprint density at radius 3 is 2.71 bits per heavy atom. The van der Waals surface area contributed by atoms with Crippen molar-refractivity contribution in [2.24, 2.45) is 0 Å². The third kappa shape index (κ3) is 4.93. The van der Waals surface area contributed by atoms with E-state index in [1.807, 2.05) is 44.2 Å². The van der Waals surface area contributed by atoms with Gasteiger partial charge in [0.2, 0.25) is 11.8 Å². The van der Waals surface area contributed by atoms with Crippen molar-refractivity contribution < 1.29 is 9.59 Å². The van der Waals surface area contributed by atoms with Gasteiger partial charge in [-0.2, -0.15) is 0 Å². The minimum atomic E-state index is -0.411. The zero-order valence-electron chi connectivity index (χ0n) is 14.6. The highest BCUT2D eigenvalue weighted by atomic mass is 16.2. The second kappa shape index (κ2) is 8.64. The molecular formula is C19H27N3O2. The van der Waals surface area contributed by atoms with E-state index in [-0.39, 0.29) is 18.2 Å². The number of nitrogens with one attached hydrogen (secondary N) is 1. The molecule has 0 radical (unpaired) electrons. The number of hydrogen-bond donors (Lipinski definition) is 1.